The van der Waals surface area contributed by atoms with Crippen molar-refractivity contribution in [2.45, 2.75) is 24.7 Å². The minimum atomic E-state index is -0.552. The van der Waals surface area contributed by atoms with E-state index in [0.29, 0.717) is 6.42 Å². The minimum absolute atomic E-state index is 0.552. The molecule has 0 atom stereocenters. The van der Waals surface area contributed by atoms with Crippen LogP contribution in [0.25, 0.3) is 49.7 Å². The number of hydrogen-bond acceptors (Lipinski definition) is 1. The van der Waals surface area contributed by atoms with Crippen LogP contribution in [0, 0.1) is 11.8 Å². The molecular weight excluding hydrogens is 807 g/mol. The third kappa shape index (κ3) is 7.07. The lowest BCUT2D eigenvalue weighted by Crippen LogP contribution is -2.28. The zero-order chi connectivity index (χ0) is 44.6. The third-order valence-electron chi connectivity index (χ3n) is 13.9. The molecule has 0 aromatic heterocycles. The van der Waals surface area contributed by atoms with Gasteiger partial charge < -0.3 is 4.90 Å². The highest BCUT2D eigenvalue weighted by atomic mass is 15.1. The summed E-state index contributed by atoms with van der Waals surface area (Å²) in [5.41, 5.74) is 19.7. The van der Waals surface area contributed by atoms with Crippen molar-refractivity contribution in [3.63, 3.8) is 0 Å². The number of para-hydroxylation sites is 1. The Balaban J connectivity index is 1.13. The average Bonchev–Trinajstić information content (AvgIpc) is 3.49. The molecule has 316 valence electrons. The fourth-order valence-corrected chi connectivity index (χ4v) is 10.8. The molecule has 9 aromatic carbocycles. The quantitative estimate of drug-likeness (QED) is 0.131. The molecule has 0 heterocycles. The van der Waals surface area contributed by atoms with Gasteiger partial charge in [0.05, 0.1) is 11.1 Å². The lowest BCUT2D eigenvalue weighted by molar-refractivity contribution is 0.768. The van der Waals surface area contributed by atoms with Gasteiger partial charge in [-0.1, -0.05) is 218 Å². The molecule has 0 amide bonds. The van der Waals surface area contributed by atoms with Crippen molar-refractivity contribution in [2.75, 3.05) is 4.90 Å². The van der Waals surface area contributed by atoms with Crippen LogP contribution >= 0.6 is 0 Å². The Labute approximate surface area is 394 Å². The number of anilines is 3. The van der Waals surface area contributed by atoms with Crippen LogP contribution in [-0.2, 0) is 5.41 Å². The molecule has 0 saturated heterocycles. The van der Waals surface area contributed by atoms with Crippen molar-refractivity contribution in [1.29, 1.82) is 0 Å². The van der Waals surface area contributed by atoms with Gasteiger partial charge in [0.2, 0.25) is 0 Å². The van der Waals surface area contributed by atoms with Crippen LogP contribution in [0.5, 0.6) is 0 Å². The number of nitrogens with zero attached hydrogens (tertiary/aromatic N) is 1. The molecule has 1 nitrogen and oxygen atoms in total. The first kappa shape index (κ1) is 40.1. The Morgan fingerprint density at radius 3 is 1.93 bits per heavy atom. The zero-order valence-electron chi connectivity index (χ0n) is 37.2. The number of allylic oxidation sites excluding steroid dienone is 8. The van der Waals surface area contributed by atoms with Gasteiger partial charge in [-0.3, -0.25) is 0 Å². The summed E-state index contributed by atoms with van der Waals surface area (Å²) in [6, 6.07) is 80.6. The molecule has 0 N–H and O–H groups in total. The second-order valence-electron chi connectivity index (χ2n) is 17.7. The first-order chi connectivity index (χ1) is 33.2. The maximum atomic E-state index is 3.58. The Morgan fingerprint density at radius 2 is 1.13 bits per heavy atom. The van der Waals surface area contributed by atoms with Crippen molar-refractivity contribution in [2.24, 2.45) is 0 Å². The second-order valence-corrected chi connectivity index (χ2v) is 17.7. The number of hydrogen-bond donors (Lipinski definition) is 0. The van der Waals surface area contributed by atoms with E-state index in [1.165, 1.54) is 66.4 Å². The highest BCUT2D eigenvalue weighted by Crippen LogP contribution is 2.57. The van der Waals surface area contributed by atoms with Crippen molar-refractivity contribution < 1.29 is 0 Å². The first-order valence-electron chi connectivity index (χ1n) is 23.4. The van der Waals surface area contributed by atoms with E-state index in [2.05, 4.69) is 266 Å². The van der Waals surface area contributed by atoms with Gasteiger partial charge in [-0.05, 0) is 133 Å². The largest absolute Gasteiger partial charge is 0.310 e. The smallest absolute Gasteiger partial charge is 0.0714 e. The molecule has 67 heavy (non-hydrogen) atoms. The van der Waals surface area contributed by atoms with E-state index in [4.69, 9.17) is 0 Å². The minimum Gasteiger partial charge on any atom is -0.310 e. The maximum absolute atomic E-state index is 3.58. The summed E-state index contributed by atoms with van der Waals surface area (Å²) in [5, 5.41) is 2.42. The molecule has 12 rings (SSSR count). The monoisotopic (exact) mass is 853 g/mol. The molecule has 1 heteroatoms. The summed E-state index contributed by atoms with van der Waals surface area (Å²) >= 11 is 0. The molecule has 0 saturated carbocycles. The summed E-state index contributed by atoms with van der Waals surface area (Å²) in [4.78, 5) is 2.52. The maximum Gasteiger partial charge on any atom is 0.0714 e. The number of fused-ring (bicyclic) bond motifs is 4. The van der Waals surface area contributed by atoms with Gasteiger partial charge in [-0.15, -0.1) is 0 Å². The van der Waals surface area contributed by atoms with Crippen molar-refractivity contribution in [3.05, 3.63) is 288 Å². The van der Waals surface area contributed by atoms with E-state index in [9.17, 15) is 0 Å². The first-order valence-corrected chi connectivity index (χ1v) is 23.4. The molecule has 3 aliphatic carbocycles. The zero-order valence-corrected chi connectivity index (χ0v) is 37.2. The number of benzene rings is 9. The molecule has 0 spiro atoms. The fraction of sp³-hybridized carbons (Fsp3) is 0.0606. The summed E-state index contributed by atoms with van der Waals surface area (Å²) in [7, 11) is 0. The fourth-order valence-electron chi connectivity index (χ4n) is 10.8. The molecule has 0 radical (unpaired) electrons. The van der Waals surface area contributed by atoms with E-state index in [-0.39, 0.29) is 0 Å². The topological polar surface area (TPSA) is 3.24 Å². The third-order valence-corrected chi connectivity index (χ3v) is 13.9. The van der Waals surface area contributed by atoms with Crippen LogP contribution in [0.4, 0.5) is 17.1 Å². The summed E-state index contributed by atoms with van der Waals surface area (Å²) in [6.07, 6.45) is 14.1. The highest BCUT2D eigenvalue weighted by Gasteiger charge is 2.46. The molecule has 0 fully saturated rings. The lowest BCUT2D eigenvalue weighted by atomic mass is 9.67. The van der Waals surface area contributed by atoms with Gasteiger partial charge >= 0.3 is 0 Å². The van der Waals surface area contributed by atoms with Gasteiger partial charge in [0.1, 0.15) is 0 Å². The lowest BCUT2D eigenvalue weighted by Gasteiger charge is -2.35. The predicted molar refractivity (Wildman–Crippen MR) is 283 cm³/mol. The molecule has 0 aliphatic heterocycles. The van der Waals surface area contributed by atoms with Crippen molar-refractivity contribution in [1.82, 2.24) is 0 Å². The summed E-state index contributed by atoms with van der Waals surface area (Å²) < 4.78 is 0. The van der Waals surface area contributed by atoms with E-state index in [1.807, 2.05) is 0 Å². The average molecular weight is 854 g/mol. The molecular formula is C66H47N. The van der Waals surface area contributed by atoms with Crippen LogP contribution in [0.1, 0.15) is 58.2 Å². The Morgan fingerprint density at radius 1 is 0.478 bits per heavy atom. The van der Waals surface area contributed by atoms with Crippen molar-refractivity contribution in [3.8, 4) is 34.1 Å². The molecule has 9 aromatic rings. The molecule has 0 bridgehead atoms. The Bertz CT molecular complexity index is 3490. The Hall–Kier alpha value is -8.44. The summed E-state index contributed by atoms with van der Waals surface area (Å²) in [5.74, 6) is 7.08. The van der Waals surface area contributed by atoms with Crippen LogP contribution in [0.2, 0.25) is 0 Å². The van der Waals surface area contributed by atoms with Crippen molar-refractivity contribution >= 4 is 44.6 Å². The molecule has 0 unspecified atom stereocenters. The van der Waals surface area contributed by atoms with E-state index >= 15 is 0 Å². The number of rotatable bonds is 9. The van der Waals surface area contributed by atoms with Gasteiger partial charge in [0.25, 0.3) is 0 Å². The van der Waals surface area contributed by atoms with Gasteiger partial charge in [0.15, 0.2) is 0 Å². The predicted octanol–water partition coefficient (Wildman–Crippen LogP) is 16.9. The van der Waals surface area contributed by atoms with E-state index in [0.717, 1.165) is 52.2 Å². The van der Waals surface area contributed by atoms with Gasteiger partial charge in [-0.2, -0.15) is 0 Å². The van der Waals surface area contributed by atoms with Gasteiger partial charge in [0, 0.05) is 28.9 Å². The second kappa shape index (κ2) is 17.2. The molecule has 3 aliphatic rings. The van der Waals surface area contributed by atoms with E-state index in [1.54, 1.807) is 0 Å². The van der Waals surface area contributed by atoms with Crippen LogP contribution in [0.15, 0.2) is 249 Å². The van der Waals surface area contributed by atoms with Gasteiger partial charge in [-0.25, -0.2) is 0 Å². The van der Waals surface area contributed by atoms with Crippen LogP contribution < -0.4 is 4.90 Å². The van der Waals surface area contributed by atoms with Crippen LogP contribution in [-0.4, -0.2) is 0 Å². The Kier molecular flexibility index (Phi) is 10.3. The SMILES string of the molecule is C1#CC(c2cccc3ccccc23)=CC(c2ccccc2N(c2cc(C3=CC=CCC3)cc(-c3ccccc3)c2)c2ccc3c(c2)C(c2ccccc2)(c2ccccc2)c2ccccc2-3)=CC1. The standard InChI is InChI=1S/C66H47N/c1-5-22-47(23-6-1)52-43-53(48-24-7-2-8-25-48)45-57(44-52)67(65-39-20-18-35-60(65)51-28-14-13-27-50(42-51)59-37-21-29-49-26-15-16-34-58(49)59)56-40-41-62-61-36-17-19-38-63(61)66(64(62)46-56,54-30-9-3-10-31-54)55-32-11-4-12-33-55/h1-7,9-12,15-24,26,28-46H,8,14,25H2. The normalized spacial score (nSPS) is 14.4. The summed E-state index contributed by atoms with van der Waals surface area (Å²) in [6.45, 7) is 0. The van der Waals surface area contributed by atoms with E-state index < -0.39 is 5.41 Å². The van der Waals surface area contributed by atoms with Crippen LogP contribution in [0.3, 0.4) is 0 Å². The highest BCUT2D eigenvalue weighted by molar-refractivity contribution is 6.03.